The average Bonchev–Trinajstić information content (AvgIpc) is 3.42. The van der Waals surface area contributed by atoms with E-state index in [1.807, 2.05) is 44.2 Å². The molecule has 1 aliphatic rings. The van der Waals surface area contributed by atoms with Crippen LogP contribution in [0.4, 0.5) is 17.1 Å². The molecule has 10 nitrogen and oxygen atoms in total. The van der Waals surface area contributed by atoms with Crippen molar-refractivity contribution in [2.75, 3.05) is 10.2 Å². The van der Waals surface area contributed by atoms with Gasteiger partial charge in [-0.3, -0.25) is 34.7 Å². The molecule has 1 saturated heterocycles. The van der Waals surface area contributed by atoms with Crippen molar-refractivity contribution in [2.45, 2.75) is 23.1 Å². The fourth-order valence-corrected chi connectivity index (χ4v) is 7.06. The number of aromatic nitrogens is 1. The van der Waals surface area contributed by atoms with Crippen molar-refractivity contribution >= 4 is 91.5 Å². The molecule has 3 amide bonds. The summed E-state index contributed by atoms with van der Waals surface area (Å²) < 4.78 is 1.36. The van der Waals surface area contributed by atoms with Gasteiger partial charge in [0.15, 0.2) is 9.45 Å². The fourth-order valence-electron chi connectivity index (χ4n) is 4.63. The number of rotatable bonds is 7. The molecule has 5 aromatic rings. The first-order chi connectivity index (χ1) is 22.0. The third-order valence-electron chi connectivity index (χ3n) is 7.02. The Morgan fingerprint density at radius 2 is 1.70 bits per heavy atom. The van der Waals surface area contributed by atoms with Gasteiger partial charge in [0.05, 0.1) is 25.7 Å². The third-order valence-corrected chi connectivity index (χ3v) is 9.45. The van der Waals surface area contributed by atoms with E-state index in [0.29, 0.717) is 37.3 Å². The molecule has 1 aromatic heterocycles. The van der Waals surface area contributed by atoms with Gasteiger partial charge in [-0.05, 0) is 86.2 Å². The number of aryl methyl sites for hydroxylation is 2. The van der Waals surface area contributed by atoms with Crippen LogP contribution >= 0.6 is 35.3 Å². The molecule has 228 valence electrons. The Labute approximate surface area is 276 Å². The third kappa shape index (κ3) is 6.42. The highest BCUT2D eigenvalue weighted by atomic mass is 32.2. The maximum absolute atomic E-state index is 13.4. The summed E-state index contributed by atoms with van der Waals surface area (Å²) in [6.07, 6.45) is 1.31. The zero-order valence-corrected chi connectivity index (χ0v) is 26.7. The predicted octanol–water partition coefficient (Wildman–Crippen LogP) is 7.06. The number of carbonyl (C=O) groups is 3. The van der Waals surface area contributed by atoms with Crippen LogP contribution in [0.3, 0.4) is 0 Å². The Morgan fingerprint density at radius 1 is 1.00 bits per heavy atom. The normalized spacial score (nSPS) is 14.1. The van der Waals surface area contributed by atoms with Crippen molar-refractivity contribution in [3.05, 3.63) is 123 Å². The summed E-state index contributed by atoms with van der Waals surface area (Å²) in [5.74, 6) is -1.56. The zero-order chi connectivity index (χ0) is 32.5. The first kappa shape index (κ1) is 30.8. The van der Waals surface area contributed by atoms with Crippen molar-refractivity contribution in [2.24, 2.45) is 0 Å². The van der Waals surface area contributed by atoms with Gasteiger partial charge in [0.2, 0.25) is 0 Å². The minimum Gasteiger partial charge on any atom is -0.322 e. The molecule has 0 aliphatic carbocycles. The van der Waals surface area contributed by atoms with E-state index in [2.05, 4.69) is 15.6 Å². The van der Waals surface area contributed by atoms with Crippen LogP contribution in [0.25, 0.3) is 16.3 Å². The Hall–Kier alpha value is -5.24. The highest BCUT2D eigenvalue weighted by Crippen LogP contribution is 2.40. The lowest BCUT2D eigenvalue weighted by Crippen LogP contribution is -2.54. The van der Waals surface area contributed by atoms with Gasteiger partial charge in [-0.15, -0.1) is 11.3 Å². The lowest BCUT2D eigenvalue weighted by atomic mass is 10.1. The standard InChI is InChI=1S/C33H23N5O5S3/c1-18-3-8-21(9-4-18)29(39)34-22-10-13-25-28(17-22)46-33(35-25)45-27-14-7-20(16-26(27)38(42)43)15-24-30(40)36-32(44)37(31(24)41)23-11-5-19(2)6-12-23/h3-17H,1-2H3,(H,34,39)(H,36,40,44)/b24-15+. The summed E-state index contributed by atoms with van der Waals surface area (Å²) in [6, 6.07) is 24.1. The van der Waals surface area contributed by atoms with E-state index in [9.17, 15) is 24.5 Å². The summed E-state index contributed by atoms with van der Waals surface area (Å²) in [4.78, 5) is 56.5. The second-order valence-corrected chi connectivity index (χ2v) is 13.1. The number of hydrogen-bond donors (Lipinski definition) is 2. The number of thiocarbonyl (C=S) groups is 1. The van der Waals surface area contributed by atoms with Gasteiger partial charge in [0, 0.05) is 17.3 Å². The maximum Gasteiger partial charge on any atom is 0.283 e. The van der Waals surface area contributed by atoms with E-state index in [-0.39, 0.29) is 22.3 Å². The van der Waals surface area contributed by atoms with E-state index in [0.717, 1.165) is 27.6 Å². The van der Waals surface area contributed by atoms with Crippen LogP contribution in [0.15, 0.2) is 99.7 Å². The molecule has 0 saturated carbocycles. The minimum atomic E-state index is -0.691. The highest BCUT2D eigenvalue weighted by Gasteiger charge is 2.34. The predicted molar refractivity (Wildman–Crippen MR) is 183 cm³/mol. The monoisotopic (exact) mass is 665 g/mol. The van der Waals surface area contributed by atoms with E-state index in [1.54, 1.807) is 48.5 Å². The lowest BCUT2D eigenvalue weighted by molar-refractivity contribution is -0.387. The van der Waals surface area contributed by atoms with E-state index >= 15 is 0 Å². The van der Waals surface area contributed by atoms with Crippen LogP contribution in [0, 0.1) is 24.0 Å². The number of fused-ring (bicyclic) bond motifs is 1. The molecule has 0 unspecified atom stereocenters. The Balaban J connectivity index is 1.24. The second-order valence-electron chi connectivity index (χ2n) is 10.4. The van der Waals surface area contributed by atoms with E-state index in [1.165, 1.54) is 28.4 Å². The molecule has 2 heterocycles. The number of thiazole rings is 1. The van der Waals surface area contributed by atoms with Crippen molar-refractivity contribution in [3.63, 3.8) is 0 Å². The Bertz CT molecular complexity index is 2110. The van der Waals surface area contributed by atoms with Gasteiger partial charge >= 0.3 is 0 Å². The van der Waals surface area contributed by atoms with Crippen LogP contribution in [0.1, 0.15) is 27.0 Å². The molecule has 1 aliphatic heterocycles. The second kappa shape index (κ2) is 12.6. The zero-order valence-electron chi connectivity index (χ0n) is 24.3. The van der Waals surface area contributed by atoms with Gasteiger partial charge in [-0.2, -0.15) is 0 Å². The SMILES string of the molecule is Cc1ccc(C(=O)Nc2ccc3nc(Sc4ccc(/C=C5\C(=O)NC(=S)N(c6ccc(C)cc6)C5=O)cc4[N+](=O)[O-])sc3c2)cc1. The van der Waals surface area contributed by atoms with Gasteiger partial charge in [0.25, 0.3) is 23.4 Å². The number of amides is 3. The number of hydrogen-bond acceptors (Lipinski definition) is 9. The molecular formula is C33H23N5O5S3. The van der Waals surface area contributed by atoms with Gasteiger partial charge in [0.1, 0.15) is 5.57 Å². The number of nitro groups is 1. The average molecular weight is 666 g/mol. The molecule has 6 rings (SSSR count). The highest BCUT2D eigenvalue weighted by molar-refractivity contribution is 8.01. The maximum atomic E-state index is 13.4. The van der Waals surface area contributed by atoms with Crippen LogP contribution in [-0.4, -0.2) is 32.7 Å². The van der Waals surface area contributed by atoms with Crippen LogP contribution in [0.5, 0.6) is 0 Å². The topological polar surface area (TPSA) is 135 Å². The number of nitro benzene ring substituents is 1. The number of nitrogens with one attached hydrogen (secondary N) is 2. The number of benzene rings is 4. The van der Waals surface area contributed by atoms with Crippen molar-refractivity contribution in [3.8, 4) is 0 Å². The minimum absolute atomic E-state index is 0.0506. The first-order valence-electron chi connectivity index (χ1n) is 13.8. The molecule has 2 N–H and O–H groups in total. The van der Waals surface area contributed by atoms with E-state index in [4.69, 9.17) is 12.2 Å². The lowest BCUT2D eigenvalue weighted by Gasteiger charge is -2.29. The first-order valence-corrected chi connectivity index (χ1v) is 15.8. The van der Waals surface area contributed by atoms with Gasteiger partial charge in [-0.25, -0.2) is 4.98 Å². The summed E-state index contributed by atoms with van der Waals surface area (Å²) >= 11 is 7.71. The Kier molecular flexibility index (Phi) is 8.45. The molecule has 46 heavy (non-hydrogen) atoms. The number of anilines is 2. The van der Waals surface area contributed by atoms with E-state index < -0.39 is 16.7 Å². The Morgan fingerprint density at radius 3 is 2.39 bits per heavy atom. The molecule has 13 heteroatoms. The summed E-state index contributed by atoms with van der Waals surface area (Å²) in [5.41, 5.74) is 4.24. The molecule has 1 fully saturated rings. The summed E-state index contributed by atoms with van der Waals surface area (Å²) in [7, 11) is 0. The van der Waals surface area contributed by atoms with Crippen LogP contribution < -0.4 is 15.5 Å². The van der Waals surface area contributed by atoms with Crippen molar-refractivity contribution < 1.29 is 19.3 Å². The molecule has 4 aromatic carbocycles. The molecule has 0 radical (unpaired) electrons. The molecular weight excluding hydrogens is 643 g/mol. The largest absolute Gasteiger partial charge is 0.322 e. The number of carbonyl (C=O) groups excluding carboxylic acids is 3. The van der Waals surface area contributed by atoms with Crippen molar-refractivity contribution in [1.29, 1.82) is 0 Å². The van der Waals surface area contributed by atoms with Gasteiger partial charge in [-0.1, -0.05) is 53.2 Å². The van der Waals surface area contributed by atoms with Crippen molar-refractivity contribution in [1.82, 2.24) is 10.3 Å². The number of nitrogens with zero attached hydrogens (tertiary/aromatic N) is 3. The summed E-state index contributed by atoms with van der Waals surface area (Å²) in [5, 5.41) is 17.5. The van der Waals surface area contributed by atoms with Gasteiger partial charge < -0.3 is 5.32 Å². The fraction of sp³-hybridized carbons (Fsp3) is 0.0606. The smallest absolute Gasteiger partial charge is 0.283 e. The van der Waals surface area contributed by atoms with Crippen LogP contribution in [-0.2, 0) is 9.59 Å². The van der Waals surface area contributed by atoms with Crippen LogP contribution in [0.2, 0.25) is 0 Å². The molecule has 0 bridgehead atoms. The molecule has 0 atom stereocenters. The summed E-state index contributed by atoms with van der Waals surface area (Å²) in [6.45, 7) is 3.86. The quantitative estimate of drug-likeness (QED) is 0.0621. The molecule has 0 spiro atoms.